The monoisotopic (exact) mass is 242 g/mol. The second-order valence-corrected chi connectivity index (χ2v) is 6.05. The highest BCUT2D eigenvalue weighted by Gasteiger charge is 2.25. The molecule has 0 amide bonds. The van der Waals surface area contributed by atoms with Crippen LogP contribution in [0.25, 0.3) is 5.57 Å². The van der Waals surface area contributed by atoms with E-state index in [-0.39, 0.29) is 5.54 Å². The molecule has 0 aromatic heterocycles. The Morgan fingerprint density at radius 2 is 1.89 bits per heavy atom. The number of benzene rings is 1. The number of nitrogens with zero attached hydrogens (tertiary/aromatic N) is 1. The van der Waals surface area contributed by atoms with Crippen LogP contribution >= 0.6 is 0 Å². The number of likely N-dealkylation sites (tertiary alicyclic amines) is 1. The number of rotatable bonds is 2. The predicted octanol–water partition coefficient (Wildman–Crippen LogP) is 3.37. The number of hydrogen-bond acceptors (Lipinski definition) is 2. The normalized spacial score (nSPS) is 22.2. The van der Waals surface area contributed by atoms with Crippen molar-refractivity contribution in [3.8, 4) is 0 Å². The first-order chi connectivity index (χ1) is 8.64. The fourth-order valence-corrected chi connectivity index (χ4v) is 3.08. The highest BCUT2D eigenvalue weighted by atomic mass is 15.1. The van der Waals surface area contributed by atoms with Crippen LogP contribution in [0.5, 0.6) is 0 Å². The molecule has 1 aromatic carbocycles. The van der Waals surface area contributed by atoms with Crippen LogP contribution in [0, 0.1) is 0 Å². The number of anilines is 1. The summed E-state index contributed by atoms with van der Waals surface area (Å²) in [5.74, 6) is 0. The van der Waals surface area contributed by atoms with Crippen LogP contribution in [0.3, 0.4) is 0 Å². The van der Waals surface area contributed by atoms with E-state index < -0.39 is 0 Å². The van der Waals surface area contributed by atoms with Crippen molar-refractivity contribution in [2.24, 2.45) is 0 Å². The number of hydrogen-bond donors (Lipinski definition) is 1. The molecule has 1 aromatic rings. The first kappa shape index (κ1) is 11.8. The van der Waals surface area contributed by atoms with Gasteiger partial charge in [0.15, 0.2) is 0 Å². The molecule has 0 atom stereocenters. The van der Waals surface area contributed by atoms with Gasteiger partial charge >= 0.3 is 0 Å². The van der Waals surface area contributed by atoms with Gasteiger partial charge in [0.2, 0.25) is 0 Å². The van der Waals surface area contributed by atoms with Crippen LogP contribution in [0.2, 0.25) is 0 Å². The zero-order chi connectivity index (χ0) is 12.6. The van der Waals surface area contributed by atoms with Gasteiger partial charge in [-0.1, -0.05) is 24.3 Å². The number of para-hydroxylation sites is 1. The van der Waals surface area contributed by atoms with Gasteiger partial charge in [-0.2, -0.15) is 0 Å². The molecule has 1 fully saturated rings. The average Bonchev–Trinajstić information content (AvgIpc) is 2.80. The molecule has 2 aliphatic rings. The molecule has 1 N–H and O–H groups in total. The first-order valence-corrected chi connectivity index (χ1v) is 6.96. The summed E-state index contributed by atoms with van der Waals surface area (Å²) in [5.41, 5.74) is 4.20. The van der Waals surface area contributed by atoms with Gasteiger partial charge in [-0.3, -0.25) is 4.90 Å². The van der Waals surface area contributed by atoms with E-state index in [1.807, 2.05) is 0 Å². The molecule has 96 valence electrons. The fourth-order valence-electron chi connectivity index (χ4n) is 3.08. The Morgan fingerprint density at radius 3 is 2.67 bits per heavy atom. The van der Waals surface area contributed by atoms with E-state index in [0.717, 1.165) is 6.54 Å². The third kappa shape index (κ3) is 2.30. The lowest BCUT2D eigenvalue weighted by molar-refractivity contribution is 0.382. The Hall–Kier alpha value is -1.28. The van der Waals surface area contributed by atoms with Crippen molar-refractivity contribution in [1.29, 1.82) is 0 Å². The Labute approximate surface area is 110 Å². The molecule has 0 radical (unpaired) electrons. The van der Waals surface area contributed by atoms with Crippen molar-refractivity contribution in [2.75, 3.05) is 25.0 Å². The van der Waals surface area contributed by atoms with Gasteiger partial charge in [0.25, 0.3) is 0 Å². The van der Waals surface area contributed by atoms with E-state index in [2.05, 4.69) is 54.4 Å². The van der Waals surface area contributed by atoms with Crippen LogP contribution in [-0.4, -0.2) is 30.1 Å². The van der Waals surface area contributed by atoms with Crippen LogP contribution < -0.4 is 5.32 Å². The van der Waals surface area contributed by atoms with Gasteiger partial charge in [0.1, 0.15) is 0 Å². The summed E-state index contributed by atoms with van der Waals surface area (Å²) in [6.07, 6.45) is 5.11. The molecule has 2 aliphatic heterocycles. The summed E-state index contributed by atoms with van der Waals surface area (Å²) >= 11 is 0. The van der Waals surface area contributed by atoms with E-state index in [1.165, 1.54) is 42.8 Å². The van der Waals surface area contributed by atoms with Crippen molar-refractivity contribution in [3.63, 3.8) is 0 Å². The summed E-state index contributed by atoms with van der Waals surface area (Å²) in [4.78, 5) is 2.57. The smallest absolute Gasteiger partial charge is 0.0506 e. The Morgan fingerprint density at radius 1 is 1.17 bits per heavy atom. The summed E-state index contributed by atoms with van der Waals surface area (Å²) < 4.78 is 0. The maximum atomic E-state index is 3.60. The molecule has 18 heavy (non-hydrogen) atoms. The lowest BCUT2D eigenvalue weighted by Gasteiger charge is -2.33. The first-order valence-electron chi connectivity index (χ1n) is 6.96. The topological polar surface area (TPSA) is 15.3 Å². The molecule has 0 bridgehead atoms. The van der Waals surface area contributed by atoms with Gasteiger partial charge < -0.3 is 5.32 Å². The minimum absolute atomic E-state index is 0.0589. The Kier molecular flexibility index (Phi) is 2.90. The summed E-state index contributed by atoms with van der Waals surface area (Å²) in [6, 6.07) is 8.67. The third-order valence-electron chi connectivity index (χ3n) is 3.86. The van der Waals surface area contributed by atoms with Gasteiger partial charge in [-0.15, -0.1) is 0 Å². The molecule has 0 unspecified atom stereocenters. The molecule has 2 heterocycles. The van der Waals surface area contributed by atoms with E-state index in [4.69, 9.17) is 0 Å². The predicted molar refractivity (Wildman–Crippen MR) is 77.8 cm³/mol. The molecule has 2 heteroatoms. The molecule has 0 aliphatic carbocycles. The summed E-state index contributed by atoms with van der Waals surface area (Å²) in [6.45, 7) is 8.10. The highest BCUT2D eigenvalue weighted by Crippen LogP contribution is 2.34. The van der Waals surface area contributed by atoms with Crippen LogP contribution in [0.15, 0.2) is 30.3 Å². The van der Waals surface area contributed by atoms with Crippen LogP contribution in [0.4, 0.5) is 5.69 Å². The average molecular weight is 242 g/mol. The van der Waals surface area contributed by atoms with E-state index in [0.29, 0.717) is 0 Å². The van der Waals surface area contributed by atoms with Crippen molar-refractivity contribution < 1.29 is 0 Å². The maximum Gasteiger partial charge on any atom is 0.0506 e. The molecule has 1 saturated heterocycles. The summed E-state index contributed by atoms with van der Waals surface area (Å²) in [5, 5.41) is 3.60. The standard InChI is InChI=1S/C16H22N2/c1-16(2)11-13(12-18-9-5-6-10-18)14-7-3-4-8-15(14)17-16/h3-4,7-8,11,17H,5-6,9-10,12H2,1-2H3. The zero-order valence-corrected chi connectivity index (χ0v) is 11.4. The maximum absolute atomic E-state index is 3.60. The quantitative estimate of drug-likeness (QED) is 0.855. The molecule has 2 nitrogen and oxygen atoms in total. The Balaban J connectivity index is 1.91. The molecule has 0 saturated carbocycles. The van der Waals surface area contributed by atoms with Gasteiger partial charge in [-0.25, -0.2) is 0 Å². The molecular weight excluding hydrogens is 220 g/mol. The van der Waals surface area contributed by atoms with Crippen molar-refractivity contribution in [1.82, 2.24) is 4.90 Å². The molecular formula is C16H22N2. The summed E-state index contributed by atoms with van der Waals surface area (Å²) in [7, 11) is 0. The van der Waals surface area contributed by atoms with E-state index in [9.17, 15) is 0 Å². The van der Waals surface area contributed by atoms with E-state index in [1.54, 1.807) is 0 Å². The van der Waals surface area contributed by atoms with E-state index >= 15 is 0 Å². The van der Waals surface area contributed by atoms with Crippen LogP contribution in [0.1, 0.15) is 32.3 Å². The third-order valence-corrected chi connectivity index (χ3v) is 3.86. The second-order valence-electron chi connectivity index (χ2n) is 6.05. The van der Waals surface area contributed by atoms with Crippen molar-refractivity contribution in [3.05, 3.63) is 35.9 Å². The molecule has 3 rings (SSSR count). The number of nitrogens with one attached hydrogen (secondary N) is 1. The highest BCUT2D eigenvalue weighted by molar-refractivity contribution is 5.81. The molecule has 0 spiro atoms. The van der Waals surface area contributed by atoms with Crippen molar-refractivity contribution in [2.45, 2.75) is 32.2 Å². The second kappa shape index (κ2) is 4.43. The van der Waals surface area contributed by atoms with Gasteiger partial charge in [-0.05, 0) is 51.4 Å². The van der Waals surface area contributed by atoms with Gasteiger partial charge in [0.05, 0.1) is 5.54 Å². The number of fused-ring (bicyclic) bond motifs is 1. The minimum Gasteiger partial charge on any atom is -0.376 e. The SMILES string of the molecule is CC1(C)C=C(CN2CCCC2)c2ccccc2N1. The largest absolute Gasteiger partial charge is 0.376 e. The lowest BCUT2D eigenvalue weighted by atomic mass is 9.90. The Bertz CT molecular complexity index is 468. The minimum atomic E-state index is 0.0589. The van der Waals surface area contributed by atoms with Crippen LogP contribution in [-0.2, 0) is 0 Å². The zero-order valence-electron chi connectivity index (χ0n) is 11.4. The fraction of sp³-hybridized carbons (Fsp3) is 0.500. The van der Waals surface area contributed by atoms with Crippen molar-refractivity contribution >= 4 is 11.3 Å². The lowest BCUT2D eigenvalue weighted by Crippen LogP contribution is -2.34. The van der Waals surface area contributed by atoms with Gasteiger partial charge in [0, 0.05) is 17.8 Å².